The van der Waals surface area contributed by atoms with Gasteiger partial charge in [-0.3, -0.25) is 0 Å². The van der Waals surface area contributed by atoms with Crippen LogP contribution in [0.5, 0.6) is 0 Å². The first-order chi connectivity index (χ1) is 15.4. The predicted octanol–water partition coefficient (Wildman–Crippen LogP) is 8.79. The van der Waals surface area contributed by atoms with Crippen molar-refractivity contribution in [1.82, 2.24) is 0 Å². The first-order valence-electron chi connectivity index (χ1n) is 10.7. The van der Waals surface area contributed by atoms with Crippen LogP contribution in [0, 0.1) is 0 Å². The van der Waals surface area contributed by atoms with Crippen LogP contribution in [0.4, 0.5) is 0 Å². The molecule has 8 rings (SSSR count). The maximum Gasteiger partial charge on any atom is 0.143 e. The summed E-state index contributed by atoms with van der Waals surface area (Å²) >= 11 is 0. The van der Waals surface area contributed by atoms with Crippen LogP contribution in [0.3, 0.4) is 0 Å². The molecular formula is C30H16O. The molecule has 8 aromatic rings. The van der Waals surface area contributed by atoms with Crippen LogP contribution in [-0.4, -0.2) is 0 Å². The Morgan fingerprint density at radius 2 is 0.742 bits per heavy atom. The Balaban J connectivity index is 1.80. The van der Waals surface area contributed by atoms with Crippen molar-refractivity contribution >= 4 is 75.8 Å². The third kappa shape index (κ3) is 1.87. The first-order valence-corrected chi connectivity index (χ1v) is 10.7. The third-order valence-corrected chi connectivity index (χ3v) is 6.92. The van der Waals surface area contributed by atoms with Gasteiger partial charge in [0.1, 0.15) is 11.2 Å². The summed E-state index contributed by atoms with van der Waals surface area (Å²) in [7, 11) is 0. The molecule has 1 nitrogen and oxygen atoms in total. The quantitative estimate of drug-likeness (QED) is 0.186. The van der Waals surface area contributed by atoms with Crippen LogP contribution in [0.2, 0.25) is 0 Å². The van der Waals surface area contributed by atoms with Crippen LogP contribution < -0.4 is 0 Å². The van der Waals surface area contributed by atoms with Gasteiger partial charge in [-0.15, -0.1) is 0 Å². The molecule has 0 spiro atoms. The molecule has 0 bridgehead atoms. The molecule has 0 saturated heterocycles. The first kappa shape index (κ1) is 15.7. The highest BCUT2D eigenvalue weighted by Gasteiger charge is 2.21. The number of benzene rings is 7. The second-order valence-electron chi connectivity index (χ2n) is 8.55. The number of fused-ring (bicyclic) bond motifs is 8. The topological polar surface area (TPSA) is 13.1 Å². The van der Waals surface area contributed by atoms with Gasteiger partial charge in [0.25, 0.3) is 0 Å². The lowest BCUT2D eigenvalue weighted by Crippen LogP contribution is -1.85. The van der Waals surface area contributed by atoms with Crippen molar-refractivity contribution in [3.05, 3.63) is 97.1 Å². The highest BCUT2D eigenvalue weighted by Crippen LogP contribution is 2.47. The molecule has 0 amide bonds. The van der Waals surface area contributed by atoms with Gasteiger partial charge in [0.2, 0.25) is 0 Å². The summed E-state index contributed by atoms with van der Waals surface area (Å²) in [5.41, 5.74) is 2.00. The van der Waals surface area contributed by atoms with Crippen molar-refractivity contribution in [2.45, 2.75) is 0 Å². The zero-order chi connectivity index (χ0) is 20.1. The molecule has 1 heterocycles. The molecule has 31 heavy (non-hydrogen) atoms. The average molecular weight is 392 g/mol. The standard InChI is InChI=1S/C30H16O/c1-2-8-18-14-24-23(13-17(18)7-1)25-15-19-9-3-5-11-21(19)29-27(25)28-26(24)16-20-10-4-6-12-22(20)30(28)31-29/h1-16H. The Bertz CT molecular complexity index is 1840. The summed E-state index contributed by atoms with van der Waals surface area (Å²) in [6.45, 7) is 0. The molecule has 0 aliphatic rings. The Hall–Kier alpha value is -4.10. The highest BCUT2D eigenvalue weighted by molar-refractivity contribution is 6.39. The van der Waals surface area contributed by atoms with Gasteiger partial charge in [0.05, 0.1) is 0 Å². The molecule has 0 atom stereocenters. The lowest BCUT2D eigenvalue weighted by molar-refractivity contribution is 0.677. The number of rotatable bonds is 0. The molecule has 0 aliphatic carbocycles. The largest absolute Gasteiger partial charge is 0.455 e. The molecule has 0 aliphatic heterocycles. The van der Waals surface area contributed by atoms with Gasteiger partial charge >= 0.3 is 0 Å². The van der Waals surface area contributed by atoms with Crippen LogP contribution in [0.15, 0.2) is 101 Å². The molecule has 0 fully saturated rings. The van der Waals surface area contributed by atoms with E-state index in [1.807, 2.05) is 0 Å². The van der Waals surface area contributed by atoms with E-state index in [9.17, 15) is 0 Å². The van der Waals surface area contributed by atoms with Gasteiger partial charge in [-0.25, -0.2) is 0 Å². The molecule has 1 aromatic heterocycles. The van der Waals surface area contributed by atoms with Gasteiger partial charge in [0, 0.05) is 21.5 Å². The summed E-state index contributed by atoms with van der Waals surface area (Å²) in [6, 6.07) is 35.2. The van der Waals surface area contributed by atoms with E-state index in [2.05, 4.69) is 97.1 Å². The van der Waals surface area contributed by atoms with Crippen molar-refractivity contribution in [3.63, 3.8) is 0 Å². The average Bonchev–Trinajstić information content (AvgIpc) is 3.23. The summed E-state index contributed by atoms with van der Waals surface area (Å²) in [6.07, 6.45) is 0. The fraction of sp³-hybridized carbons (Fsp3) is 0. The van der Waals surface area contributed by atoms with Crippen LogP contribution in [-0.2, 0) is 0 Å². The molecule has 0 N–H and O–H groups in total. The Labute approximate surface area is 177 Å². The fourth-order valence-electron chi connectivity index (χ4n) is 5.55. The maximum atomic E-state index is 6.71. The third-order valence-electron chi connectivity index (χ3n) is 6.92. The smallest absolute Gasteiger partial charge is 0.143 e. The van der Waals surface area contributed by atoms with Gasteiger partial charge < -0.3 is 4.42 Å². The minimum absolute atomic E-state index is 1.000. The SMILES string of the molecule is c1ccc2cc3c(cc2c1)c1cc2ccccc2c2oc4c5ccccc5cc3c4c12. The van der Waals surface area contributed by atoms with Crippen LogP contribution >= 0.6 is 0 Å². The maximum absolute atomic E-state index is 6.71. The van der Waals surface area contributed by atoms with E-state index in [1.165, 1.54) is 64.6 Å². The minimum Gasteiger partial charge on any atom is -0.455 e. The molecular weight excluding hydrogens is 376 g/mol. The molecule has 0 unspecified atom stereocenters. The Morgan fingerprint density at radius 1 is 0.355 bits per heavy atom. The second kappa shape index (κ2) is 5.33. The zero-order valence-electron chi connectivity index (χ0n) is 16.6. The van der Waals surface area contributed by atoms with E-state index in [4.69, 9.17) is 4.42 Å². The van der Waals surface area contributed by atoms with Crippen LogP contribution in [0.25, 0.3) is 75.8 Å². The van der Waals surface area contributed by atoms with E-state index in [0.717, 1.165) is 11.2 Å². The summed E-state index contributed by atoms with van der Waals surface area (Å²) in [5, 5.41) is 15.0. The lowest BCUT2D eigenvalue weighted by Gasteiger charge is -2.12. The minimum atomic E-state index is 1.000. The summed E-state index contributed by atoms with van der Waals surface area (Å²) in [5.74, 6) is 0. The van der Waals surface area contributed by atoms with Crippen molar-refractivity contribution < 1.29 is 4.42 Å². The van der Waals surface area contributed by atoms with Gasteiger partial charge in [-0.2, -0.15) is 0 Å². The van der Waals surface area contributed by atoms with Gasteiger partial charge in [0.15, 0.2) is 0 Å². The van der Waals surface area contributed by atoms with Crippen molar-refractivity contribution in [2.75, 3.05) is 0 Å². The van der Waals surface area contributed by atoms with E-state index in [-0.39, 0.29) is 0 Å². The Kier molecular flexibility index (Phi) is 2.70. The molecule has 0 saturated carbocycles. The van der Waals surface area contributed by atoms with Crippen molar-refractivity contribution in [2.24, 2.45) is 0 Å². The zero-order valence-corrected chi connectivity index (χ0v) is 16.6. The van der Waals surface area contributed by atoms with Crippen LogP contribution in [0.1, 0.15) is 0 Å². The van der Waals surface area contributed by atoms with E-state index >= 15 is 0 Å². The summed E-state index contributed by atoms with van der Waals surface area (Å²) < 4.78 is 6.71. The van der Waals surface area contributed by atoms with E-state index in [1.54, 1.807) is 0 Å². The molecule has 142 valence electrons. The number of hydrogen-bond donors (Lipinski definition) is 0. The van der Waals surface area contributed by atoms with Crippen molar-refractivity contribution in [3.8, 4) is 0 Å². The number of hydrogen-bond acceptors (Lipinski definition) is 1. The molecule has 0 radical (unpaired) electrons. The highest BCUT2D eigenvalue weighted by atomic mass is 16.3. The van der Waals surface area contributed by atoms with Crippen molar-refractivity contribution in [1.29, 1.82) is 0 Å². The normalized spacial score (nSPS) is 12.5. The monoisotopic (exact) mass is 392 g/mol. The molecule has 7 aromatic carbocycles. The number of furan rings is 1. The Morgan fingerprint density at radius 3 is 1.23 bits per heavy atom. The van der Waals surface area contributed by atoms with Gasteiger partial charge in [-0.1, -0.05) is 72.8 Å². The lowest BCUT2D eigenvalue weighted by atomic mass is 9.89. The fourth-order valence-corrected chi connectivity index (χ4v) is 5.55. The van der Waals surface area contributed by atoms with E-state index < -0.39 is 0 Å². The van der Waals surface area contributed by atoms with Gasteiger partial charge in [-0.05, 0) is 67.4 Å². The molecule has 1 heteroatoms. The predicted molar refractivity (Wildman–Crippen MR) is 132 cm³/mol. The summed E-state index contributed by atoms with van der Waals surface area (Å²) in [4.78, 5) is 0. The van der Waals surface area contributed by atoms with E-state index in [0.29, 0.717) is 0 Å². The second-order valence-corrected chi connectivity index (χ2v) is 8.55.